The fourth-order valence-corrected chi connectivity index (χ4v) is 3.43. The van der Waals surface area contributed by atoms with Crippen LogP contribution < -0.4 is 0 Å². The van der Waals surface area contributed by atoms with Crippen LogP contribution in [0.3, 0.4) is 0 Å². The lowest BCUT2D eigenvalue weighted by Crippen LogP contribution is -2.08. The molecule has 0 bridgehead atoms. The molecule has 0 heterocycles. The van der Waals surface area contributed by atoms with Gasteiger partial charge in [-0.2, -0.15) is 0 Å². The molecule has 60 valence electrons. The maximum atomic E-state index is 2.35. The molecule has 1 rings (SSSR count). The first-order valence-corrected chi connectivity index (χ1v) is 5.70. The van der Waals surface area contributed by atoms with Crippen LogP contribution in [-0.4, -0.2) is 11.3 Å². The molecule has 1 fully saturated rings. The second-order valence-electron chi connectivity index (χ2n) is 3.66. The Morgan fingerprint density at radius 3 is 2.20 bits per heavy atom. The van der Waals surface area contributed by atoms with Crippen molar-refractivity contribution in [3.8, 4) is 0 Å². The molecule has 0 aromatic rings. The van der Waals surface area contributed by atoms with E-state index in [4.69, 9.17) is 0 Å². The van der Waals surface area contributed by atoms with Crippen LogP contribution in [0.15, 0.2) is 0 Å². The van der Waals surface area contributed by atoms with E-state index in [0.29, 0.717) is 0 Å². The SMILES string of the molecule is CC(C)PC1CCCCC1. The summed E-state index contributed by atoms with van der Waals surface area (Å²) in [6.07, 6.45) is 7.56. The molecule has 10 heavy (non-hydrogen) atoms. The molecule has 0 aliphatic heterocycles. The quantitative estimate of drug-likeness (QED) is 0.540. The summed E-state index contributed by atoms with van der Waals surface area (Å²) >= 11 is 0. The van der Waals surface area contributed by atoms with E-state index in [1.807, 2.05) is 0 Å². The molecule has 1 heteroatoms. The lowest BCUT2D eigenvalue weighted by atomic mass is 10.0. The van der Waals surface area contributed by atoms with Crippen molar-refractivity contribution in [1.82, 2.24) is 0 Å². The zero-order valence-corrected chi connectivity index (χ0v) is 8.19. The molecule has 0 aromatic heterocycles. The third-order valence-corrected chi connectivity index (χ3v) is 3.89. The van der Waals surface area contributed by atoms with Gasteiger partial charge >= 0.3 is 0 Å². The van der Waals surface area contributed by atoms with Gasteiger partial charge in [0.05, 0.1) is 0 Å². The summed E-state index contributed by atoms with van der Waals surface area (Å²) in [5.41, 5.74) is 2.05. The summed E-state index contributed by atoms with van der Waals surface area (Å²) in [7, 11) is 1.24. The Balaban J connectivity index is 2.13. The molecule has 0 aromatic carbocycles. The highest BCUT2D eigenvalue weighted by molar-refractivity contribution is 7.39. The monoisotopic (exact) mass is 158 g/mol. The van der Waals surface area contributed by atoms with Gasteiger partial charge in [0, 0.05) is 0 Å². The highest BCUT2D eigenvalue weighted by Crippen LogP contribution is 2.35. The maximum absolute atomic E-state index is 2.35. The smallest absolute Gasteiger partial charge is 0.0234 e. The Kier molecular flexibility index (Phi) is 3.70. The predicted molar refractivity (Wildman–Crippen MR) is 50.3 cm³/mol. The van der Waals surface area contributed by atoms with Crippen molar-refractivity contribution in [3.63, 3.8) is 0 Å². The van der Waals surface area contributed by atoms with Gasteiger partial charge in [0.1, 0.15) is 0 Å². The highest BCUT2D eigenvalue weighted by Gasteiger charge is 2.13. The summed E-state index contributed by atoms with van der Waals surface area (Å²) in [5, 5.41) is 0. The molecule has 0 saturated heterocycles. The molecule has 1 unspecified atom stereocenters. The lowest BCUT2D eigenvalue weighted by Gasteiger charge is -2.22. The molecule has 0 N–H and O–H groups in total. The summed E-state index contributed by atoms with van der Waals surface area (Å²) in [4.78, 5) is 0. The van der Waals surface area contributed by atoms with Gasteiger partial charge in [-0.1, -0.05) is 33.1 Å². The number of hydrogen-bond donors (Lipinski definition) is 0. The van der Waals surface area contributed by atoms with Crippen LogP contribution in [-0.2, 0) is 0 Å². The van der Waals surface area contributed by atoms with Crippen LogP contribution in [0, 0.1) is 0 Å². The van der Waals surface area contributed by atoms with Crippen LogP contribution in [0.2, 0.25) is 0 Å². The second-order valence-corrected chi connectivity index (χ2v) is 5.96. The summed E-state index contributed by atoms with van der Waals surface area (Å²) in [6, 6.07) is 0. The molecule has 0 spiro atoms. The van der Waals surface area contributed by atoms with Crippen molar-refractivity contribution >= 4 is 8.58 Å². The summed E-state index contributed by atoms with van der Waals surface area (Å²) < 4.78 is 0. The van der Waals surface area contributed by atoms with Crippen LogP contribution >= 0.6 is 8.58 Å². The molecular formula is C9H19P. The van der Waals surface area contributed by atoms with Crippen molar-refractivity contribution in [1.29, 1.82) is 0 Å². The van der Waals surface area contributed by atoms with Crippen LogP contribution in [0.4, 0.5) is 0 Å². The lowest BCUT2D eigenvalue weighted by molar-refractivity contribution is 0.512. The van der Waals surface area contributed by atoms with E-state index in [-0.39, 0.29) is 0 Å². The first kappa shape index (κ1) is 8.53. The van der Waals surface area contributed by atoms with E-state index in [2.05, 4.69) is 13.8 Å². The molecule has 0 radical (unpaired) electrons. The minimum Gasteiger partial charge on any atom is -0.116 e. The second kappa shape index (κ2) is 4.34. The van der Waals surface area contributed by atoms with Gasteiger partial charge in [0.15, 0.2) is 0 Å². The summed E-state index contributed by atoms with van der Waals surface area (Å²) in [6.45, 7) is 4.71. The highest BCUT2D eigenvalue weighted by atomic mass is 31.1. The summed E-state index contributed by atoms with van der Waals surface area (Å²) in [5.74, 6) is 0. The van der Waals surface area contributed by atoms with Crippen LogP contribution in [0.25, 0.3) is 0 Å². The van der Waals surface area contributed by atoms with Crippen LogP contribution in [0.1, 0.15) is 46.0 Å². The Morgan fingerprint density at radius 1 is 1.10 bits per heavy atom. The van der Waals surface area contributed by atoms with E-state index < -0.39 is 0 Å². The number of hydrogen-bond acceptors (Lipinski definition) is 0. The zero-order chi connectivity index (χ0) is 7.40. The molecule has 1 saturated carbocycles. The minimum absolute atomic E-state index is 0.947. The first-order valence-electron chi connectivity index (χ1n) is 4.55. The zero-order valence-electron chi connectivity index (χ0n) is 7.19. The van der Waals surface area contributed by atoms with Crippen molar-refractivity contribution < 1.29 is 0 Å². The maximum Gasteiger partial charge on any atom is -0.0234 e. The Bertz CT molecular complexity index is 82.7. The first-order chi connectivity index (χ1) is 4.79. The molecular weight excluding hydrogens is 139 g/mol. The largest absolute Gasteiger partial charge is 0.116 e. The third-order valence-electron chi connectivity index (χ3n) is 2.17. The predicted octanol–water partition coefficient (Wildman–Crippen LogP) is 3.41. The third kappa shape index (κ3) is 3.01. The fraction of sp³-hybridized carbons (Fsp3) is 1.00. The Hall–Kier alpha value is 0.430. The van der Waals surface area contributed by atoms with Crippen LogP contribution in [0.5, 0.6) is 0 Å². The molecule has 1 aliphatic carbocycles. The minimum atomic E-state index is 0.947. The fourth-order valence-electron chi connectivity index (χ4n) is 1.74. The van der Waals surface area contributed by atoms with Gasteiger partial charge in [-0.05, 0) is 24.2 Å². The van der Waals surface area contributed by atoms with Gasteiger partial charge in [-0.25, -0.2) is 0 Å². The molecule has 0 amide bonds. The van der Waals surface area contributed by atoms with Gasteiger partial charge in [0.2, 0.25) is 0 Å². The average Bonchev–Trinajstić information content (AvgIpc) is 1.88. The molecule has 1 aliphatic rings. The standard InChI is InChI=1S/C9H19P/c1-8(2)10-9-6-4-3-5-7-9/h8-10H,3-7H2,1-2H3. The van der Waals surface area contributed by atoms with Crippen molar-refractivity contribution in [2.24, 2.45) is 0 Å². The average molecular weight is 158 g/mol. The van der Waals surface area contributed by atoms with Gasteiger partial charge in [-0.15, -0.1) is 8.58 Å². The van der Waals surface area contributed by atoms with Gasteiger partial charge in [-0.3, -0.25) is 0 Å². The normalized spacial score (nSPS) is 23.1. The van der Waals surface area contributed by atoms with Crippen molar-refractivity contribution in [2.45, 2.75) is 57.3 Å². The molecule has 0 nitrogen and oxygen atoms in total. The number of rotatable bonds is 2. The van der Waals surface area contributed by atoms with E-state index >= 15 is 0 Å². The van der Waals surface area contributed by atoms with E-state index in [0.717, 1.165) is 11.3 Å². The molecule has 1 atom stereocenters. The Labute approximate surface area is 66.6 Å². The van der Waals surface area contributed by atoms with E-state index in [1.165, 1.54) is 40.7 Å². The van der Waals surface area contributed by atoms with Crippen molar-refractivity contribution in [2.75, 3.05) is 0 Å². The van der Waals surface area contributed by atoms with E-state index in [9.17, 15) is 0 Å². The topological polar surface area (TPSA) is 0 Å². The Morgan fingerprint density at radius 2 is 1.70 bits per heavy atom. The van der Waals surface area contributed by atoms with Crippen molar-refractivity contribution in [3.05, 3.63) is 0 Å². The van der Waals surface area contributed by atoms with E-state index in [1.54, 1.807) is 0 Å². The van der Waals surface area contributed by atoms with Gasteiger partial charge < -0.3 is 0 Å². The van der Waals surface area contributed by atoms with Gasteiger partial charge in [0.25, 0.3) is 0 Å².